The maximum absolute atomic E-state index is 11.9. The summed E-state index contributed by atoms with van der Waals surface area (Å²) in [5, 5.41) is 0. The van der Waals surface area contributed by atoms with Gasteiger partial charge in [-0.3, -0.25) is 4.98 Å². The second kappa shape index (κ2) is 8.21. The second-order valence-corrected chi connectivity index (χ2v) is 9.27. The molecular weight excluding hydrogens is 362 g/mol. The lowest BCUT2D eigenvalue weighted by molar-refractivity contribution is 0.599. The van der Waals surface area contributed by atoms with E-state index in [-0.39, 0.29) is 17.5 Å². The Morgan fingerprint density at radius 2 is 1.96 bits per heavy atom. The molecule has 2 aromatic rings. The van der Waals surface area contributed by atoms with Gasteiger partial charge in [-0.1, -0.05) is 0 Å². The van der Waals surface area contributed by atoms with E-state index < -0.39 is 9.84 Å². The Bertz CT molecular complexity index is 873. The molecule has 1 fully saturated rings. The van der Waals surface area contributed by atoms with Crippen molar-refractivity contribution in [1.82, 2.24) is 15.0 Å². The van der Waals surface area contributed by atoms with E-state index in [0.717, 1.165) is 31.0 Å². The van der Waals surface area contributed by atoms with Crippen LogP contribution in [-0.2, 0) is 16.3 Å². The number of likely N-dealkylation sites (N-methyl/N-ethyl adjacent to an activating group) is 1. The van der Waals surface area contributed by atoms with Crippen molar-refractivity contribution in [3.05, 3.63) is 41.9 Å². The highest BCUT2D eigenvalue weighted by molar-refractivity contribution is 7.91. The first-order chi connectivity index (χ1) is 12.9. The van der Waals surface area contributed by atoms with Gasteiger partial charge in [-0.2, -0.15) is 4.98 Å². The second-order valence-electron chi connectivity index (χ2n) is 7.04. The Labute approximate surface area is 161 Å². The Hall–Kier alpha value is -2.22. The first-order valence-electron chi connectivity index (χ1n) is 9.31. The van der Waals surface area contributed by atoms with Crippen LogP contribution in [0.2, 0.25) is 0 Å². The number of sulfone groups is 1. The number of hydrogen-bond donors (Lipinski definition) is 0. The summed E-state index contributed by atoms with van der Waals surface area (Å²) in [6, 6.07) is 5.95. The first-order valence-corrected chi connectivity index (χ1v) is 11.1. The molecule has 8 heteroatoms. The molecule has 7 nitrogen and oxygen atoms in total. The van der Waals surface area contributed by atoms with Crippen molar-refractivity contribution in [3.63, 3.8) is 0 Å². The number of aromatic nitrogens is 3. The van der Waals surface area contributed by atoms with Crippen LogP contribution in [0.15, 0.2) is 30.6 Å². The minimum absolute atomic E-state index is 0.00993. The van der Waals surface area contributed by atoms with E-state index in [9.17, 15) is 8.42 Å². The van der Waals surface area contributed by atoms with E-state index in [2.05, 4.69) is 14.9 Å². The quantitative estimate of drug-likeness (QED) is 0.715. The van der Waals surface area contributed by atoms with Crippen LogP contribution in [0.5, 0.6) is 0 Å². The van der Waals surface area contributed by atoms with Gasteiger partial charge in [0.15, 0.2) is 9.84 Å². The van der Waals surface area contributed by atoms with Crippen LogP contribution in [0.4, 0.5) is 11.8 Å². The molecule has 0 N–H and O–H groups in total. The molecule has 1 unspecified atom stereocenters. The van der Waals surface area contributed by atoms with E-state index >= 15 is 0 Å². The molecule has 1 aliphatic heterocycles. The Kier molecular flexibility index (Phi) is 5.94. The van der Waals surface area contributed by atoms with Crippen molar-refractivity contribution in [1.29, 1.82) is 0 Å². The van der Waals surface area contributed by atoms with Gasteiger partial charge < -0.3 is 9.80 Å². The fourth-order valence-corrected chi connectivity index (χ4v) is 5.16. The summed E-state index contributed by atoms with van der Waals surface area (Å²) < 4.78 is 23.8. The molecule has 1 aliphatic rings. The highest BCUT2D eigenvalue weighted by Crippen LogP contribution is 2.24. The largest absolute Gasteiger partial charge is 0.353 e. The molecule has 3 heterocycles. The van der Waals surface area contributed by atoms with E-state index in [4.69, 9.17) is 4.98 Å². The van der Waals surface area contributed by atoms with Crippen LogP contribution in [0, 0.1) is 6.92 Å². The van der Waals surface area contributed by atoms with Gasteiger partial charge in [0.2, 0.25) is 5.95 Å². The number of rotatable bonds is 7. The molecule has 146 valence electrons. The molecule has 0 aliphatic carbocycles. The van der Waals surface area contributed by atoms with Gasteiger partial charge in [-0.15, -0.1) is 0 Å². The van der Waals surface area contributed by atoms with E-state index in [0.29, 0.717) is 12.4 Å². The summed E-state index contributed by atoms with van der Waals surface area (Å²) in [5.74, 6) is 1.94. The van der Waals surface area contributed by atoms with Crippen LogP contribution in [-0.4, -0.2) is 61.1 Å². The molecule has 0 radical (unpaired) electrons. The third kappa shape index (κ3) is 4.94. The molecule has 1 atom stereocenters. The highest BCUT2D eigenvalue weighted by Gasteiger charge is 2.32. The zero-order valence-corrected chi connectivity index (χ0v) is 17.0. The Balaban J connectivity index is 1.76. The average Bonchev–Trinajstić information content (AvgIpc) is 3.00. The summed E-state index contributed by atoms with van der Waals surface area (Å²) in [6.45, 7) is 5.49. The van der Waals surface area contributed by atoms with Crippen molar-refractivity contribution in [2.75, 3.05) is 41.4 Å². The van der Waals surface area contributed by atoms with Gasteiger partial charge in [0.05, 0.1) is 11.5 Å². The minimum atomic E-state index is -2.93. The predicted octanol–water partition coefficient (Wildman–Crippen LogP) is 1.87. The molecule has 27 heavy (non-hydrogen) atoms. The van der Waals surface area contributed by atoms with Gasteiger partial charge in [0.1, 0.15) is 5.82 Å². The summed E-state index contributed by atoms with van der Waals surface area (Å²) in [7, 11) is -0.953. The topological polar surface area (TPSA) is 79.3 Å². The van der Waals surface area contributed by atoms with E-state index in [1.54, 1.807) is 12.4 Å². The summed E-state index contributed by atoms with van der Waals surface area (Å²) >= 11 is 0. The lowest BCUT2D eigenvalue weighted by Gasteiger charge is -2.29. The van der Waals surface area contributed by atoms with Crippen molar-refractivity contribution in [2.45, 2.75) is 32.7 Å². The summed E-state index contributed by atoms with van der Waals surface area (Å²) in [6.07, 6.45) is 5.13. The zero-order chi connectivity index (χ0) is 19.4. The molecule has 0 bridgehead atoms. The maximum atomic E-state index is 11.9. The summed E-state index contributed by atoms with van der Waals surface area (Å²) in [5.41, 5.74) is 2.10. The van der Waals surface area contributed by atoms with Gasteiger partial charge >= 0.3 is 0 Å². The van der Waals surface area contributed by atoms with Crippen molar-refractivity contribution in [3.8, 4) is 0 Å². The van der Waals surface area contributed by atoms with Crippen molar-refractivity contribution >= 4 is 21.6 Å². The minimum Gasteiger partial charge on any atom is -0.353 e. The fraction of sp³-hybridized carbons (Fsp3) is 0.526. The monoisotopic (exact) mass is 389 g/mol. The number of nitrogens with zero attached hydrogens (tertiary/aromatic N) is 5. The average molecular weight is 390 g/mol. The SMILES string of the molecule is CCN(c1cc(C)nc(N(C)CCc2ccncc2)n1)C1CCS(=O)(=O)C1. The number of anilines is 2. The van der Waals surface area contributed by atoms with Crippen LogP contribution >= 0.6 is 0 Å². The normalized spacial score (nSPS) is 18.4. The fourth-order valence-electron chi connectivity index (χ4n) is 3.43. The number of pyridine rings is 1. The molecule has 1 saturated heterocycles. The lowest BCUT2D eigenvalue weighted by atomic mass is 10.2. The third-order valence-corrected chi connectivity index (χ3v) is 6.69. The first kappa shape index (κ1) is 19.5. The maximum Gasteiger partial charge on any atom is 0.227 e. The van der Waals surface area contributed by atoms with Crippen LogP contribution in [0.25, 0.3) is 0 Å². The standard InChI is InChI=1S/C19H27N5O2S/c1-4-24(17-8-12-27(25,26)14-17)18-13-15(2)21-19(22-18)23(3)11-7-16-5-9-20-10-6-16/h5-6,9-10,13,17H,4,7-8,11-12,14H2,1-3H3. The van der Waals surface area contributed by atoms with Crippen molar-refractivity contribution in [2.24, 2.45) is 0 Å². The molecule has 3 rings (SSSR count). The third-order valence-electron chi connectivity index (χ3n) is 4.94. The molecule has 0 spiro atoms. The van der Waals surface area contributed by atoms with Crippen molar-refractivity contribution < 1.29 is 8.42 Å². The lowest BCUT2D eigenvalue weighted by Crippen LogP contribution is -2.37. The van der Waals surface area contributed by atoms with E-state index in [1.807, 2.05) is 44.0 Å². The summed E-state index contributed by atoms with van der Waals surface area (Å²) in [4.78, 5) is 17.5. The molecule has 0 aromatic carbocycles. The van der Waals surface area contributed by atoms with Crippen LogP contribution in [0.1, 0.15) is 24.6 Å². The Morgan fingerprint density at radius 3 is 2.59 bits per heavy atom. The molecule has 0 amide bonds. The van der Waals surface area contributed by atoms with Gasteiger partial charge in [0.25, 0.3) is 0 Å². The smallest absolute Gasteiger partial charge is 0.227 e. The predicted molar refractivity (Wildman–Crippen MR) is 108 cm³/mol. The van der Waals surface area contributed by atoms with Gasteiger partial charge in [-0.05, 0) is 44.4 Å². The zero-order valence-electron chi connectivity index (χ0n) is 16.2. The highest BCUT2D eigenvalue weighted by atomic mass is 32.2. The number of hydrogen-bond acceptors (Lipinski definition) is 7. The van der Waals surface area contributed by atoms with Crippen LogP contribution in [0.3, 0.4) is 0 Å². The van der Waals surface area contributed by atoms with Gasteiger partial charge in [0, 0.05) is 50.3 Å². The Morgan fingerprint density at radius 1 is 1.22 bits per heavy atom. The van der Waals surface area contributed by atoms with E-state index in [1.165, 1.54) is 5.56 Å². The molecule has 0 saturated carbocycles. The number of aryl methyl sites for hydroxylation is 1. The van der Waals surface area contributed by atoms with Crippen LogP contribution < -0.4 is 9.80 Å². The molecular formula is C19H27N5O2S. The molecule has 2 aromatic heterocycles. The van der Waals surface area contributed by atoms with Gasteiger partial charge in [-0.25, -0.2) is 13.4 Å².